The van der Waals surface area contributed by atoms with Gasteiger partial charge in [0.25, 0.3) is 0 Å². The predicted molar refractivity (Wildman–Crippen MR) is 309 cm³/mol. The number of phosphoric ester groups is 1. The minimum absolute atomic E-state index is 0.0230. The Kier molecular flexibility index (Phi) is 48.8. The van der Waals surface area contributed by atoms with Gasteiger partial charge in [-0.25, -0.2) is 4.57 Å². The molecular formula is C62H108N2O7P+. The number of hydrogen-bond donors (Lipinski definition) is 2. The topological polar surface area (TPSA) is 111 Å². The van der Waals surface area contributed by atoms with E-state index in [2.05, 4.69) is 123 Å². The molecule has 0 heterocycles. The Hall–Kier alpha value is -3.33. The number of amides is 1. The molecule has 72 heavy (non-hydrogen) atoms. The molecule has 0 aliphatic carbocycles. The first-order chi connectivity index (χ1) is 34.9. The second-order valence-corrected chi connectivity index (χ2v) is 21.5. The molecule has 3 unspecified atom stereocenters. The van der Waals surface area contributed by atoms with Gasteiger partial charge >= 0.3 is 13.8 Å². The highest BCUT2D eigenvalue weighted by molar-refractivity contribution is 7.47. The number of rotatable bonds is 50. The molecule has 0 spiro atoms. The summed E-state index contributed by atoms with van der Waals surface area (Å²) in [4.78, 5) is 37.6. The van der Waals surface area contributed by atoms with Crippen LogP contribution in [0.1, 0.15) is 220 Å². The van der Waals surface area contributed by atoms with Gasteiger partial charge in [-0.15, -0.1) is 0 Å². The number of unbranched alkanes of at least 4 members (excludes halogenated alkanes) is 18. The van der Waals surface area contributed by atoms with Gasteiger partial charge in [-0.3, -0.25) is 18.6 Å². The molecule has 0 radical (unpaired) electrons. The third-order valence-corrected chi connectivity index (χ3v) is 12.9. The fraction of sp³-hybridized carbons (Fsp3) is 0.677. The van der Waals surface area contributed by atoms with Crippen molar-refractivity contribution in [2.24, 2.45) is 0 Å². The monoisotopic (exact) mass is 1020 g/mol. The van der Waals surface area contributed by atoms with E-state index in [1.54, 1.807) is 0 Å². The Labute approximate surface area is 442 Å². The number of hydrogen-bond acceptors (Lipinski definition) is 6. The van der Waals surface area contributed by atoms with Crippen LogP contribution < -0.4 is 5.32 Å². The zero-order valence-electron chi connectivity index (χ0n) is 46.9. The Morgan fingerprint density at radius 3 is 1.36 bits per heavy atom. The molecule has 9 nitrogen and oxygen atoms in total. The maximum Gasteiger partial charge on any atom is 0.472 e. The zero-order valence-corrected chi connectivity index (χ0v) is 47.8. The van der Waals surface area contributed by atoms with Crippen LogP contribution in [0, 0.1) is 0 Å². The van der Waals surface area contributed by atoms with Crippen LogP contribution in [0.3, 0.4) is 0 Å². The van der Waals surface area contributed by atoms with Crippen LogP contribution >= 0.6 is 7.82 Å². The fourth-order valence-corrected chi connectivity index (χ4v) is 8.31. The third-order valence-electron chi connectivity index (χ3n) is 12.0. The maximum atomic E-state index is 13.5. The quantitative estimate of drug-likeness (QED) is 0.0205. The van der Waals surface area contributed by atoms with Crippen molar-refractivity contribution >= 4 is 19.7 Å². The van der Waals surface area contributed by atoms with Crippen molar-refractivity contribution < 1.29 is 37.3 Å². The third kappa shape index (κ3) is 51.6. The lowest BCUT2D eigenvalue weighted by Gasteiger charge is -2.27. The molecule has 412 valence electrons. The number of quaternary nitrogens is 1. The molecule has 1 amide bonds. The standard InChI is InChI=1S/C62H107N2O7P/c1-7-10-13-16-19-22-25-28-30-32-34-37-40-43-46-49-52-55-62(66)71-60(53-50-47-44-41-38-35-27-24-21-18-15-12-9-3)59(58-70-72(67,68)69-57-56-64(4,5)6)63-61(65)54-51-48-45-42-39-36-33-31-29-26-23-20-17-14-11-8-2/h10-11,13-14,19-20,22-23,28-31,34,37,43,46,50,53,59-60H,7-9,12,15-18,21,24-27,32-33,35-36,38-42,44-45,47-49,51-52,54-58H2,1-6H3,(H-,63,65,67,68)/p+1/b13-10-,14-11+,22-19-,23-20+,30-28-,31-29+,37-34-,46-43-,53-50+. The number of phosphoric acid groups is 1. The summed E-state index contributed by atoms with van der Waals surface area (Å²) in [6.45, 7) is 6.72. The molecule has 0 aromatic rings. The Balaban J connectivity index is 5.50. The number of ether oxygens (including phenoxy) is 1. The summed E-state index contributed by atoms with van der Waals surface area (Å²) in [7, 11) is 1.44. The van der Waals surface area contributed by atoms with Crippen LogP contribution in [0.5, 0.6) is 0 Å². The van der Waals surface area contributed by atoms with Gasteiger partial charge in [0.05, 0.1) is 33.8 Å². The second kappa shape index (κ2) is 51.2. The van der Waals surface area contributed by atoms with E-state index in [9.17, 15) is 19.0 Å². The Morgan fingerprint density at radius 1 is 0.500 bits per heavy atom. The molecule has 0 saturated heterocycles. The van der Waals surface area contributed by atoms with Gasteiger partial charge in [0.2, 0.25) is 5.91 Å². The second-order valence-electron chi connectivity index (χ2n) is 20.0. The van der Waals surface area contributed by atoms with E-state index in [1.807, 2.05) is 33.3 Å². The van der Waals surface area contributed by atoms with Crippen molar-refractivity contribution in [3.63, 3.8) is 0 Å². The average molecular weight is 1020 g/mol. The fourth-order valence-electron chi connectivity index (χ4n) is 7.58. The summed E-state index contributed by atoms with van der Waals surface area (Å²) in [5.74, 6) is -0.596. The van der Waals surface area contributed by atoms with Crippen molar-refractivity contribution in [3.05, 3.63) is 109 Å². The van der Waals surface area contributed by atoms with Crippen LogP contribution in [0.25, 0.3) is 0 Å². The molecule has 10 heteroatoms. The lowest BCUT2D eigenvalue weighted by molar-refractivity contribution is -0.870. The summed E-state index contributed by atoms with van der Waals surface area (Å²) in [5.41, 5.74) is 0. The highest BCUT2D eigenvalue weighted by Gasteiger charge is 2.30. The summed E-state index contributed by atoms with van der Waals surface area (Å²) >= 11 is 0. The van der Waals surface area contributed by atoms with Crippen molar-refractivity contribution in [2.75, 3.05) is 40.9 Å². The molecule has 0 fully saturated rings. The maximum absolute atomic E-state index is 13.5. The van der Waals surface area contributed by atoms with E-state index in [-0.39, 0.29) is 31.5 Å². The lowest BCUT2D eigenvalue weighted by atomic mass is 10.0. The average Bonchev–Trinajstić information content (AvgIpc) is 3.34. The molecule has 0 bridgehead atoms. The SMILES string of the molecule is CC/C=C\C/C=C\C/C=C\C/C=C\C/C=C\CCCC(=O)OC(/C=C/CCCCCCCCCCCCC)C(COP(=O)(O)OCC[N+](C)(C)C)NC(=O)CCCCCCCC/C=C/C/C=C/C/C=C/CC. The van der Waals surface area contributed by atoms with E-state index >= 15 is 0 Å². The van der Waals surface area contributed by atoms with Crippen LogP contribution in [-0.2, 0) is 27.9 Å². The molecule has 0 aromatic heterocycles. The molecule has 3 atom stereocenters. The molecular weight excluding hydrogens is 916 g/mol. The lowest BCUT2D eigenvalue weighted by Crippen LogP contribution is -2.47. The largest absolute Gasteiger partial charge is 0.472 e. The number of carbonyl (C=O) groups is 2. The molecule has 0 aliphatic heterocycles. The molecule has 2 N–H and O–H groups in total. The van der Waals surface area contributed by atoms with Gasteiger partial charge in [-0.05, 0) is 102 Å². The Morgan fingerprint density at radius 2 is 0.903 bits per heavy atom. The zero-order chi connectivity index (χ0) is 52.9. The summed E-state index contributed by atoms with van der Waals surface area (Å²) in [6, 6.07) is -0.884. The molecule has 0 rings (SSSR count). The summed E-state index contributed by atoms with van der Waals surface area (Å²) in [6.07, 6.45) is 69.5. The first-order valence-corrected chi connectivity index (χ1v) is 30.2. The minimum Gasteiger partial charge on any atom is -0.456 e. The van der Waals surface area contributed by atoms with Crippen molar-refractivity contribution in [2.45, 2.75) is 232 Å². The summed E-state index contributed by atoms with van der Waals surface area (Å²) in [5, 5.41) is 3.02. The van der Waals surface area contributed by atoms with Gasteiger partial charge < -0.3 is 19.4 Å². The van der Waals surface area contributed by atoms with E-state index in [4.69, 9.17) is 13.8 Å². The van der Waals surface area contributed by atoms with Crippen molar-refractivity contribution in [3.8, 4) is 0 Å². The van der Waals surface area contributed by atoms with Crippen LogP contribution in [-0.4, -0.2) is 74.3 Å². The van der Waals surface area contributed by atoms with Gasteiger partial charge in [0.1, 0.15) is 19.3 Å². The van der Waals surface area contributed by atoms with Gasteiger partial charge in [-0.1, -0.05) is 214 Å². The van der Waals surface area contributed by atoms with Crippen molar-refractivity contribution in [1.29, 1.82) is 0 Å². The predicted octanol–water partition coefficient (Wildman–Crippen LogP) is 17.4. The van der Waals surface area contributed by atoms with E-state index in [1.165, 1.54) is 57.8 Å². The van der Waals surface area contributed by atoms with Crippen LogP contribution in [0.4, 0.5) is 0 Å². The Bertz CT molecular complexity index is 1600. The van der Waals surface area contributed by atoms with Gasteiger partial charge in [0, 0.05) is 12.8 Å². The molecule has 0 saturated carbocycles. The highest BCUT2D eigenvalue weighted by Crippen LogP contribution is 2.43. The first-order valence-electron chi connectivity index (χ1n) is 28.7. The van der Waals surface area contributed by atoms with E-state index < -0.39 is 20.0 Å². The number of allylic oxidation sites excluding steroid dienone is 17. The van der Waals surface area contributed by atoms with E-state index in [0.717, 1.165) is 122 Å². The van der Waals surface area contributed by atoms with Gasteiger partial charge in [-0.2, -0.15) is 0 Å². The van der Waals surface area contributed by atoms with Crippen LogP contribution in [0.15, 0.2) is 109 Å². The van der Waals surface area contributed by atoms with Crippen molar-refractivity contribution in [1.82, 2.24) is 5.32 Å². The normalized spacial score (nSPS) is 14.6. The summed E-state index contributed by atoms with van der Waals surface area (Å²) < 4.78 is 30.6. The van der Waals surface area contributed by atoms with Gasteiger partial charge in [0.15, 0.2) is 0 Å². The number of esters is 1. The smallest absolute Gasteiger partial charge is 0.456 e. The number of nitrogens with zero attached hydrogens (tertiary/aromatic N) is 1. The molecule has 0 aliphatic rings. The van der Waals surface area contributed by atoms with E-state index in [0.29, 0.717) is 23.9 Å². The number of nitrogens with one attached hydrogen (secondary N) is 1. The number of likely N-dealkylation sites (N-methyl/N-ethyl adjacent to an activating group) is 1. The molecule has 0 aromatic carbocycles. The highest BCUT2D eigenvalue weighted by atomic mass is 31.2. The van der Waals surface area contributed by atoms with Crippen LogP contribution in [0.2, 0.25) is 0 Å². The first kappa shape index (κ1) is 68.7. The number of carbonyl (C=O) groups excluding carboxylic acids is 2. The minimum atomic E-state index is -4.47.